The van der Waals surface area contributed by atoms with Crippen LogP contribution in [-0.4, -0.2) is 0 Å². The van der Waals surface area contributed by atoms with Crippen molar-refractivity contribution in [2.45, 2.75) is 4.21 Å². The standard InChI is InChI=1S/C8H6S2.Li/c9-8-5-6-3-1-2-4-7(6)10-8;/h1-5,9H;/q;+1/p-1. The van der Waals surface area contributed by atoms with E-state index in [0.717, 1.165) is 4.21 Å². The second kappa shape index (κ2) is 3.60. The number of hydrogen-bond acceptors (Lipinski definition) is 2. The summed E-state index contributed by atoms with van der Waals surface area (Å²) in [6.07, 6.45) is 0. The van der Waals surface area contributed by atoms with Gasteiger partial charge in [0, 0.05) is 0 Å². The van der Waals surface area contributed by atoms with Crippen LogP contribution >= 0.6 is 11.3 Å². The zero-order valence-corrected chi connectivity index (χ0v) is 7.84. The molecule has 0 saturated carbocycles. The Hall–Kier alpha value is -0.00260. The van der Waals surface area contributed by atoms with E-state index >= 15 is 0 Å². The van der Waals surface area contributed by atoms with E-state index in [9.17, 15) is 0 Å². The van der Waals surface area contributed by atoms with Gasteiger partial charge in [-0.3, -0.25) is 0 Å². The summed E-state index contributed by atoms with van der Waals surface area (Å²) in [4.78, 5) is 0. The maximum absolute atomic E-state index is 5.03. The third kappa shape index (κ3) is 1.77. The van der Waals surface area contributed by atoms with Crippen LogP contribution in [0.2, 0.25) is 0 Å². The fourth-order valence-corrected chi connectivity index (χ4v) is 2.15. The largest absolute Gasteiger partial charge is 1.00 e. The molecule has 1 aromatic heterocycles. The Bertz CT molecular complexity index is 321. The van der Waals surface area contributed by atoms with Crippen molar-refractivity contribution in [2.75, 3.05) is 0 Å². The van der Waals surface area contributed by atoms with E-state index in [1.165, 1.54) is 10.1 Å². The van der Waals surface area contributed by atoms with E-state index in [2.05, 4.69) is 12.1 Å². The van der Waals surface area contributed by atoms with Crippen molar-refractivity contribution in [1.82, 2.24) is 0 Å². The normalized spacial score (nSPS) is 9.45. The summed E-state index contributed by atoms with van der Waals surface area (Å²) >= 11 is 6.70. The van der Waals surface area contributed by atoms with Gasteiger partial charge in [-0.1, -0.05) is 35.0 Å². The molecule has 3 heteroatoms. The van der Waals surface area contributed by atoms with Crippen LogP contribution in [0.25, 0.3) is 10.1 Å². The van der Waals surface area contributed by atoms with E-state index in [1.54, 1.807) is 11.3 Å². The Labute approximate surface area is 87.2 Å². The Balaban J connectivity index is 0.000000605. The van der Waals surface area contributed by atoms with Crippen LogP contribution in [-0.2, 0) is 12.6 Å². The van der Waals surface area contributed by atoms with E-state index in [4.69, 9.17) is 12.6 Å². The van der Waals surface area contributed by atoms with Crippen molar-refractivity contribution in [2.24, 2.45) is 0 Å². The van der Waals surface area contributed by atoms with Crippen LogP contribution in [0, 0.1) is 0 Å². The number of rotatable bonds is 0. The molecule has 0 aliphatic carbocycles. The van der Waals surface area contributed by atoms with Gasteiger partial charge < -0.3 is 24.0 Å². The quantitative estimate of drug-likeness (QED) is 0.392. The monoisotopic (exact) mass is 172 g/mol. The van der Waals surface area contributed by atoms with E-state index in [-0.39, 0.29) is 18.9 Å². The molecule has 0 N–H and O–H groups in total. The van der Waals surface area contributed by atoms with Crippen molar-refractivity contribution in [3.8, 4) is 0 Å². The second-order valence-electron chi connectivity index (χ2n) is 2.10. The van der Waals surface area contributed by atoms with Gasteiger partial charge in [0.2, 0.25) is 0 Å². The van der Waals surface area contributed by atoms with Gasteiger partial charge in [0.1, 0.15) is 0 Å². The number of fused-ring (bicyclic) bond motifs is 1. The Kier molecular flexibility index (Phi) is 2.97. The van der Waals surface area contributed by atoms with Gasteiger partial charge >= 0.3 is 18.9 Å². The Morgan fingerprint density at radius 3 is 2.64 bits per heavy atom. The fourth-order valence-electron chi connectivity index (χ4n) is 0.958. The molecule has 0 bridgehead atoms. The van der Waals surface area contributed by atoms with Gasteiger partial charge in [-0.25, -0.2) is 0 Å². The van der Waals surface area contributed by atoms with Gasteiger partial charge in [0.15, 0.2) is 0 Å². The van der Waals surface area contributed by atoms with E-state index in [0.29, 0.717) is 0 Å². The first kappa shape index (κ1) is 9.09. The third-order valence-electron chi connectivity index (χ3n) is 1.40. The molecule has 0 radical (unpaired) electrons. The van der Waals surface area contributed by atoms with Crippen molar-refractivity contribution >= 4 is 34.1 Å². The van der Waals surface area contributed by atoms with Crippen LogP contribution in [0.5, 0.6) is 0 Å². The van der Waals surface area contributed by atoms with E-state index in [1.807, 2.05) is 18.2 Å². The first-order chi connectivity index (χ1) is 4.86. The van der Waals surface area contributed by atoms with Crippen LogP contribution in [0.15, 0.2) is 34.5 Å². The summed E-state index contributed by atoms with van der Waals surface area (Å²) in [6.45, 7) is 0. The molecule has 0 spiro atoms. The number of benzene rings is 1. The minimum atomic E-state index is 0. The van der Waals surface area contributed by atoms with Gasteiger partial charge in [-0.05, 0) is 5.39 Å². The smallest absolute Gasteiger partial charge is 0.428 e. The minimum Gasteiger partial charge on any atom is -0.428 e. The van der Waals surface area contributed by atoms with E-state index < -0.39 is 0 Å². The maximum Gasteiger partial charge on any atom is 1.00 e. The molecule has 0 aliphatic rings. The van der Waals surface area contributed by atoms with Crippen molar-refractivity contribution < 1.29 is 18.9 Å². The number of thiophene rings is 1. The Morgan fingerprint density at radius 2 is 1.91 bits per heavy atom. The Morgan fingerprint density at radius 1 is 1.18 bits per heavy atom. The summed E-state index contributed by atoms with van der Waals surface area (Å²) in [5.41, 5.74) is 0. The van der Waals surface area contributed by atoms with Gasteiger partial charge in [-0.2, -0.15) is 0 Å². The first-order valence-electron chi connectivity index (χ1n) is 3.02. The van der Waals surface area contributed by atoms with Gasteiger partial charge in [-0.15, -0.1) is 4.21 Å². The van der Waals surface area contributed by atoms with Crippen molar-refractivity contribution in [3.05, 3.63) is 30.3 Å². The molecule has 0 fully saturated rings. The molecule has 2 aromatic rings. The fraction of sp³-hybridized carbons (Fsp3) is 0. The molecule has 0 unspecified atom stereocenters. The molecule has 50 valence electrons. The molecule has 0 aliphatic heterocycles. The molecular formula is C8H5LiS2. The van der Waals surface area contributed by atoms with Crippen LogP contribution in [0.1, 0.15) is 0 Å². The van der Waals surface area contributed by atoms with Gasteiger partial charge in [0.25, 0.3) is 0 Å². The average molecular weight is 172 g/mol. The third-order valence-corrected chi connectivity index (χ3v) is 2.68. The molecule has 0 atom stereocenters. The van der Waals surface area contributed by atoms with Crippen LogP contribution in [0.3, 0.4) is 0 Å². The molecule has 0 nitrogen and oxygen atoms in total. The zero-order chi connectivity index (χ0) is 6.97. The molecule has 0 saturated heterocycles. The van der Waals surface area contributed by atoms with Crippen LogP contribution in [0.4, 0.5) is 0 Å². The zero-order valence-electron chi connectivity index (χ0n) is 6.20. The molecule has 1 aromatic carbocycles. The molecule has 0 amide bonds. The summed E-state index contributed by atoms with van der Waals surface area (Å²) in [5.74, 6) is 0. The summed E-state index contributed by atoms with van der Waals surface area (Å²) in [6, 6.07) is 10.3. The van der Waals surface area contributed by atoms with Crippen LogP contribution < -0.4 is 18.9 Å². The summed E-state index contributed by atoms with van der Waals surface area (Å²) in [7, 11) is 0. The van der Waals surface area contributed by atoms with Crippen molar-refractivity contribution in [3.63, 3.8) is 0 Å². The second-order valence-corrected chi connectivity index (χ2v) is 3.89. The van der Waals surface area contributed by atoms with Gasteiger partial charge in [0.05, 0.1) is 0 Å². The predicted octanol–water partition coefficient (Wildman–Crippen LogP) is -0.189. The minimum absolute atomic E-state index is 0. The molecule has 11 heavy (non-hydrogen) atoms. The predicted molar refractivity (Wildman–Crippen MR) is 47.5 cm³/mol. The molecule has 2 rings (SSSR count). The number of hydrogen-bond donors (Lipinski definition) is 0. The average Bonchev–Trinajstić information content (AvgIpc) is 2.27. The summed E-state index contributed by atoms with van der Waals surface area (Å²) in [5, 5.41) is 1.26. The SMILES string of the molecule is [Li+].[S-]c1cc2ccccc2s1. The molecular weight excluding hydrogens is 167 g/mol. The topological polar surface area (TPSA) is 0 Å². The maximum atomic E-state index is 5.03. The molecule has 1 heterocycles. The summed E-state index contributed by atoms with van der Waals surface area (Å²) < 4.78 is 2.26. The first-order valence-corrected chi connectivity index (χ1v) is 4.24. The van der Waals surface area contributed by atoms with Crippen molar-refractivity contribution in [1.29, 1.82) is 0 Å².